The average Bonchev–Trinajstić information content (AvgIpc) is 2.89. The summed E-state index contributed by atoms with van der Waals surface area (Å²) in [6.07, 6.45) is 10.2. The zero-order valence-electron chi connectivity index (χ0n) is 14.4. The quantitative estimate of drug-likeness (QED) is 0.933. The second-order valence-electron chi connectivity index (χ2n) is 6.56. The van der Waals surface area contributed by atoms with Gasteiger partial charge in [-0.2, -0.15) is 5.10 Å². The van der Waals surface area contributed by atoms with E-state index in [0.29, 0.717) is 12.2 Å². The van der Waals surface area contributed by atoms with E-state index in [1.807, 2.05) is 0 Å². The monoisotopic (exact) mass is 334 g/mol. The molecule has 0 atom stereocenters. The van der Waals surface area contributed by atoms with Crippen molar-refractivity contribution in [2.45, 2.75) is 19.4 Å². The predicted molar refractivity (Wildman–Crippen MR) is 97.0 cm³/mol. The highest BCUT2D eigenvalue weighted by Gasteiger charge is 2.17. The number of allylic oxidation sites excluding steroid dienone is 3. The molecule has 4 rings (SSSR count). The molecule has 25 heavy (non-hydrogen) atoms. The molecule has 0 radical (unpaired) electrons. The number of aryl methyl sites for hydroxylation is 1. The maximum atomic E-state index is 12.2. The molecule has 2 aromatic rings. The molecule has 0 saturated carbocycles. The number of carbonyl (C=O) groups excluding carboxylic acids is 1. The highest BCUT2D eigenvalue weighted by atomic mass is 16.2. The molecule has 2 heterocycles. The maximum absolute atomic E-state index is 12.2. The van der Waals surface area contributed by atoms with Gasteiger partial charge in [0.15, 0.2) is 0 Å². The van der Waals surface area contributed by atoms with Crippen molar-refractivity contribution in [1.82, 2.24) is 20.0 Å². The number of amides is 1. The fourth-order valence-corrected chi connectivity index (χ4v) is 3.41. The molecule has 2 aliphatic rings. The summed E-state index contributed by atoms with van der Waals surface area (Å²) in [5.74, 6) is -0.0928. The summed E-state index contributed by atoms with van der Waals surface area (Å²) >= 11 is 0. The van der Waals surface area contributed by atoms with Crippen molar-refractivity contribution in [2.24, 2.45) is 7.05 Å². The van der Waals surface area contributed by atoms with Crippen LogP contribution in [0, 0.1) is 0 Å². The molecule has 1 amide bonds. The number of hydrogen-bond donors (Lipinski definition) is 1. The minimum Gasteiger partial charge on any atom is -0.371 e. The Labute approximate surface area is 147 Å². The Morgan fingerprint density at radius 3 is 2.68 bits per heavy atom. The van der Waals surface area contributed by atoms with E-state index >= 15 is 0 Å². The molecule has 128 valence electrons. The number of hydrogen-bond acceptors (Lipinski definition) is 3. The predicted octanol–water partition coefficient (Wildman–Crippen LogP) is 2.20. The van der Waals surface area contributed by atoms with E-state index in [9.17, 15) is 4.79 Å². The van der Waals surface area contributed by atoms with Gasteiger partial charge in [-0.1, -0.05) is 24.3 Å². The Morgan fingerprint density at radius 1 is 1.20 bits per heavy atom. The van der Waals surface area contributed by atoms with Crippen molar-refractivity contribution in [1.29, 1.82) is 0 Å². The largest absolute Gasteiger partial charge is 0.371 e. The van der Waals surface area contributed by atoms with Crippen LogP contribution in [0.4, 0.5) is 0 Å². The van der Waals surface area contributed by atoms with Crippen LogP contribution >= 0.6 is 0 Å². The van der Waals surface area contributed by atoms with E-state index in [2.05, 4.69) is 51.7 Å². The van der Waals surface area contributed by atoms with Gasteiger partial charge in [0.1, 0.15) is 5.69 Å². The van der Waals surface area contributed by atoms with Crippen molar-refractivity contribution in [3.63, 3.8) is 0 Å². The van der Waals surface area contributed by atoms with Crippen LogP contribution in [0.25, 0.3) is 0 Å². The lowest BCUT2D eigenvalue weighted by molar-refractivity contribution is 0.0941. The standard InChI is InChI=1S/C20H22N4O/c1-23-19(7-10-22-23)20(25)21-14-15-5-6-16-8-11-24(18-3-2-4-18)12-9-17(16)13-15/h2-7,10,13H,8-9,11-12,14H2,1H3,(H,21,25). The van der Waals surface area contributed by atoms with E-state index in [-0.39, 0.29) is 5.91 Å². The van der Waals surface area contributed by atoms with Crippen LogP contribution in [0.3, 0.4) is 0 Å². The SMILES string of the molecule is Cn1nccc1C(=O)NCc1ccc2c(c1)CCN(C1=CC=C1)CC2. The molecule has 5 heteroatoms. The third-order valence-electron chi connectivity index (χ3n) is 4.98. The van der Waals surface area contributed by atoms with Gasteiger partial charge >= 0.3 is 0 Å². The van der Waals surface area contributed by atoms with Crippen LogP contribution in [-0.4, -0.2) is 33.7 Å². The van der Waals surface area contributed by atoms with Gasteiger partial charge in [0.25, 0.3) is 5.91 Å². The van der Waals surface area contributed by atoms with Crippen molar-refractivity contribution < 1.29 is 4.79 Å². The number of aromatic nitrogens is 2. The first kappa shape index (κ1) is 15.7. The topological polar surface area (TPSA) is 50.2 Å². The number of nitrogens with zero attached hydrogens (tertiary/aromatic N) is 3. The molecule has 0 saturated heterocycles. The van der Waals surface area contributed by atoms with Crippen molar-refractivity contribution >= 4 is 5.91 Å². The van der Waals surface area contributed by atoms with Crippen molar-refractivity contribution in [3.05, 3.63) is 76.8 Å². The number of benzene rings is 1. The van der Waals surface area contributed by atoms with E-state index < -0.39 is 0 Å². The summed E-state index contributed by atoms with van der Waals surface area (Å²) < 4.78 is 1.59. The molecule has 0 spiro atoms. The molecule has 1 aliphatic heterocycles. The van der Waals surface area contributed by atoms with Gasteiger partial charge in [-0.25, -0.2) is 0 Å². The second-order valence-corrected chi connectivity index (χ2v) is 6.56. The first-order valence-corrected chi connectivity index (χ1v) is 8.71. The van der Waals surface area contributed by atoms with Gasteiger partial charge in [-0.05, 0) is 47.8 Å². The lowest BCUT2D eigenvalue weighted by atomic mass is 10.00. The number of fused-ring (bicyclic) bond motifs is 1. The Balaban J connectivity index is 1.41. The van der Waals surface area contributed by atoms with Crippen LogP contribution in [-0.2, 0) is 26.4 Å². The van der Waals surface area contributed by atoms with Crippen LogP contribution < -0.4 is 5.32 Å². The fraction of sp³-hybridized carbons (Fsp3) is 0.300. The van der Waals surface area contributed by atoms with Gasteiger partial charge in [0, 0.05) is 38.6 Å². The second kappa shape index (κ2) is 6.59. The van der Waals surface area contributed by atoms with Crippen LogP contribution in [0.1, 0.15) is 27.2 Å². The highest BCUT2D eigenvalue weighted by Crippen LogP contribution is 2.22. The van der Waals surface area contributed by atoms with Gasteiger partial charge in [0.2, 0.25) is 0 Å². The highest BCUT2D eigenvalue weighted by molar-refractivity contribution is 5.92. The third-order valence-corrected chi connectivity index (χ3v) is 4.98. The molecule has 1 N–H and O–H groups in total. The zero-order valence-corrected chi connectivity index (χ0v) is 14.4. The summed E-state index contributed by atoms with van der Waals surface area (Å²) in [5, 5.41) is 7.02. The summed E-state index contributed by atoms with van der Waals surface area (Å²) in [5.41, 5.74) is 5.89. The molecular weight excluding hydrogens is 312 g/mol. The van der Waals surface area contributed by atoms with Gasteiger partial charge in [-0.15, -0.1) is 0 Å². The minimum absolute atomic E-state index is 0.0928. The molecule has 0 bridgehead atoms. The molecule has 1 aromatic heterocycles. The third kappa shape index (κ3) is 3.22. The molecular formula is C20H22N4O. The van der Waals surface area contributed by atoms with E-state index in [1.165, 1.54) is 16.8 Å². The lowest BCUT2D eigenvalue weighted by Gasteiger charge is -2.26. The van der Waals surface area contributed by atoms with Crippen molar-refractivity contribution in [2.75, 3.05) is 13.1 Å². The summed E-state index contributed by atoms with van der Waals surface area (Å²) in [6, 6.07) is 8.31. The molecule has 0 fully saturated rings. The summed E-state index contributed by atoms with van der Waals surface area (Å²) in [7, 11) is 1.77. The van der Waals surface area contributed by atoms with Crippen LogP contribution in [0.5, 0.6) is 0 Å². The maximum Gasteiger partial charge on any atom is 0.269 e. The molecule has 1 aliphatic carbocycles. The minimum atomic E-state index is -0.0928. The number of rotatable bonds is 4. The lowest BCUT2D eigenvalue weighted by Crippen LogP contribution is -2.26. The molecule has 5 nitrogen and oxygen atoms in total. The fourth-order valence-electron chi connectivity index (χ4n) is 3.41. The van der Waals surface area contributed by atoms with Gasteiger partial charge in [0.05, 0.1) is 0 Å². The van der Waals surface area contributed by atoms with Crippen LogP contribution in [0.15, 0.2) is 54.4 Å². The normalized spacial score (nSPS) is 15.9. The van der Waals surface area contributed by atoms with E-state index in [0.717, 1.165) is 31.5 Å². The number of nitrogens with one attached hydrogen (secondary N) is 1. The number of carbonyl (C=O) groups is 1. The van der Waals surface area contributed by atoms with Crippen LogP contribution in [0.2, 0.25) is 0 Å². The zero-order chi connectivity index (χ0) is 17.2. The Bertz CT molecular complexity index is 862. The Hall–Kier alpha value is -2.82. The smallest absolute Gasteiger partial charge is 0.269 e. The summed E-state index contributed by atoms with van der Waals surface area (Å²) in [4.78, 5) is 14.7. The van der Waals surface area contributed by atoms with Gasteiger partial charge in [-0.3, -0.25) is 9.48 Å². The van der Waals surface area contributed by atoms with E-state index in [4.69, 9.17) is 0 Å². The van der Waals surface area contributed by atoms with Gasteiger partial charge < -0.3 is 10.2 Å². The first-order valence-electron chi connectivity index (χ1n) is 8.71. The van der Waals surface area contributed by atoms with E-state index in [1.54, 1.807) is 24.0 Å². The van der Waals surface area contributed by atoms with Crippen molar-refractivity contribution in [3.8, 4) is 0 Å². The Morgan fingerprint density at radius 2 is 2.00 bits per heavy atom. The Kier molecular flexibility index (Phi) is 4.14. The molecule has 0 unspecified atom stereocenters. The molecule has 1 aromatic carbocycles. The average molecular weight is 334 g/mol. The summed E-state index contributed by atoms with van der Waals surface area (Å²) in [6.45, 7) is 2.66. The first-order chi connectivity index (χ1) is 12.2.